The van der Waals surface area contributed by atoms with Crippen LogP contribution in [0.3, 0.4) is 0 Å². The smallest absolute Gasteiger partial charge is 0.225 e. The van der Waals surface area contributed by atoms with E-state index in [-0.39, 0.29) is 0 Å². The van der Waals surface area contributed by atoms with E-state index in [1.165, 1.54) is 0 Å². The first kappa shape index (κ1) is 15.3. The van der Waals surface area contributed by atoms with E-state index in [0.29, 0.717) is 18.0 Å². The molecule has 0 aliphatic rings. The Morgan fingerprint density at radius 3 is 2.33 bits per heavy atom. The van der Waals surface area contributed by atoms with Crippen LogP contribution in [0.2, 0.25) is 0 Å². The van der Waals surface area contributed by atoms with Crippen LogP contribution < -0.4 is 10.6 Å². The van der Waals surface area contributed by atoms with Gasteiger partial charge >= 0.3 is 0 Å². The highest BCUT2D eigenvalue weighted by atomic mass is 15.2. The van der Waals surface area contributed by atoms with E-state index in [0.717, 1.165) is 23.5 Å². The SMILES string of the molecule is CCC(C)Nc1nc(NC(C)C)cc(-c2ccccc2)n1. The van der Waals surface area contributed by atoms with Gasteiger partial charge < -0.3 is 10.6 Å². The topological polar surface area (TPSA) is 49.8 Å². The van der Waals surface area contributed by atoms with Gasteiger partial charge in [0.1, 0.15) is 5.82 Å². The lowest BCUT2D eigenvalue weighted by molar-refractivity contribution is 0.752. The third-order valence-corrected chi connectivity index (χ3v) is 3.22. The summed E-state index contributed by atoms with van der Waals surface area (Å²) in [4.78, 5) is 9.19. The maximum absolute atomic E-state index is 4.64. The molecule has 2 aromatic rings. The summed E-state index contributed by atoms with van der Waals surface area (Å²) in [6.07, 6.45) is 1.03. The molecule has 0 saturated heterocycles. The monoisotopic (exact) mass is 284 g/mol. The largest absolute Gasteiger partial charge is 0.368 e. The minimum atomic E-state index is 0.333. The van der Waals surface area contributed by atoms with Gasteiger partial charge in [0.2, 0.25) is 5.95 Å². The second kappa shape index (κ2) is 7.07. The van der Waals surface area contributed by atoms with Crippen LogP contribution in [0.1, 0.15) is 34.1 Å². The van der Waals surface area contributed by atoms with Crippen molar-refractivity contribution in [2.24, 2.45) is 0 Å². The molecule has 4 nitrogen and oxygen atoms in total. The number of rotatable bonds is 6. The van der Waals surface area contributed by atoms with Gasteiger partial charge in [0.25, 0.3) is 0 Å². The lowest BCUT2D eigenvalue weighted by atomic mass is 10.1. The van der Waals surface area contributed by atoms with E-state index in [2.05, 4.69) is 60.4 Å². The van der Waals surface area contributed by atoms with Crippen molar-refractivity contribution >= 4 is 11.8 Å². The van der Waals surface area contributed by atoms with Gasteiger partial charge in [-0.2, -0.15) is 4.98 Å². The normalized spacial score (nSPS) is 12.2. The number of anilines is 2. The van der Waals surface area contributed by atoms with E-state index in [1.807, 2.05) is 24.3 Å². The Hall–Kier alpha value is -2.10. The molecule has 4 heteroatoms. The van der Waals surface area contributed by atoms with Crippen molar-refractivity contribution in [2.75, 3.05) is 10.6 Å². The molecule has 0 radical (unpaired) electrons. The summed E-state index contributed by atoms with van der Waals surface area (Å²) in [5.74, 6) is 1.53. The number of nitrogens with one attached hydrogen (secondary N) is 2. The summed E-state index contributed by atoms with van der Waals surface area (Å²) in [7, 11) is 0. The molecule has 1 aromatic carbocycles. The molecule has 1 unspecified atom stereocenters. The Kier molecular flexibility index (Phi) is 5.14. The fourth-order valence-corrected chi connectivity index (χ4v) is 1.96. The number of nitrogens with zero attached hydrogens (tertiary/aromatic N) is 2. The summed E-state index contributed by atoms with van der Waals surface area (Å²) in [6, 6.07) is 12.9. The molecular formula is C17H24N4. The van der Waals surface area contributed by atoms with Gasteiger partial charge in [0.05, 0.1) is 5.69 Å². The molecule has 2 N–H and O–H groups in total. The number of aromatic nitrogens is 2. The summed E-state index contributed by atoms with van der Waals surface area (Å²) in [5, 5.41) is 6.71. The first-order valence-corrected chi connectivity index (χ1v) is 7.56. The number of hydrogen-bond donors (Lipinski definition) is 2. The molecule has 0 amide bonds. The average molecular weight is 284 g/mol. The van der Waals surface area contributed by atoms with Crippen molar-refractivity contribution in [1.29, 1.82) is 0 Å². The Bertz CT molecular complexity index is 566. The molecule has 0 bridgehead atoms. The van der Waals surface area contributed by atoms with E-state index in [9.17, 15) is 0 Å². The highest BCUT2D eigenvalue weighted by Gasteiger charge is 2.09. The van der Waals surface area contributed by atoms with E-state index < -0.39 is 0 Å². The third kappa shape index (κ3) is 4.45. The van der Waals surface area contributed by atoms with Crippen molar-refractivity contribution in [1.82, 2.24) is 9.97 Å². The second-order valence-corrected chi connectivity index (χ2v) is 5.58. The molecule has 1 heterocycles. The van der Waals surface area contributed by atoms with Crippen LogP contribution in [0.4, 0.5) is 11.8 Å². The molecule has 0 spiro atoms. The number of benzene rings is 1. The van der Waals surface area contributed by atoms with Gasteiger partial charge in [-0.1, -0.05) is 37.3 Å². The summed E-state index contributed by atoms with van der Waals surface area (Å²) in [5.41, 5.74) is 2.03. The van der Waals surface area contributed by atoms with Crippen molar-refractivity contribution in [3.63, 3.8) is 0 Å². The third-order valence-electron chi connectivity index (χ3n) is 3.22. The molecule has 0 aliphatic carbocycles. The van der Waals surface area contributed by atoms with Gasteiger partial charge in [-0.25, -0.2) is 4.98 Å². The highest BCUT2D eigenvalue weighted by Crippen LogP contribution is 2.22. The standard InChI is InChI=1S/C17H24N4/c1-5-13(4)19-17-20-15(14-9-7-6-8-10-14)11-16(21-17)18-12(2)3/h6-13H,5H2,1-4H3,(H2,18,19,20,21). The quantitative estimate of drug-likeness (QED) is 0.835. The molecule has 0 fully saturated rings. The van der Waals surface area contributed by atoms with Crippen molar-refractivity contribution < 1.29 is 0 Å². The highest BCUT2D eigenvalue weighted by molar-refractivity contribution is 5.64. The fraction of sp³-hybridized carbons (Fsp3) is 0.412. The Labute approximate surface area is 127 Å². The molecule has 21 heavy (non-hydrogen) atoms. The van der Waals surface area contributed by atoms with Gasteiger partial charge in [0.15, 0.2) is 0 Å². The van der Waals surface area contributed by atoms with E-state index in [1.54, 1.807) is 0 Å². The Morgan fingerprint density at radius 2 is 1.71 bits per heavy atom. The van der Waals surface area contributed by atoms with Crippen LogP contribution in [-0.2, 0) is 0 Å². The van der Waals surface area contributed by atoms with Crippen LogP contribution in [0.5, 0.6) is 0 Å². The van der Waals surface area contributed by atoms with Gasteiger partial charge in [0, 0.05) is 23.7 Å². The molecule has 2 rings (SSSR count). The minimum Gasteiger partial charge on any atom is -0.368 e. The maximum Gasteiger partial charge on any atom is 0.225 e. The fourth-order valence-electron chi connectivity index (χ4n) is 1.96. The zero-order valence-corrected chi connectivity index (χ0v) is 13.2. The van der Waals surface area contributed by atoms with Crippen LogP contribution in [0.25, 0.3) is 11.3 Å². The van der Waals surface area contributed by atoms with Crippen LogP contribution in [0.15, 0.2) is 36.4 Å². The van der Waals surface area contributed by atoms with E-state index >= 15 is 0 Å². The van der Waals surface area contributed by atoms with Gasteiger partial charge in [-0.15, -0.1) is 0 Å². The maximum atomic E-state index is 4.64. The predicted molar refractivity (Wildman–Crippen MR) is 89.6 cm³/mol. The molecule has 1 aromatic heterocycles. The first-order valence-electron chi connectivity index (χ1n) is 7.56. The lowest BCUT2D eigenvalue weighted by Gasteiger charge is -2.15. The molecule has 1 atom stereocenters. The predicted octanol–water partition coefficient (Wildman–Crippen LogP) is 4.17. The Balaban J connectivity index is 2.37. The molecule has 0 saturated carbocycles. The average Bonchev–Trinajstić information content (AvgIpc) is 2.47. The van der Waals surface area contributed by atoms with Gasteiger partial charge in [-0.3, -0.25) is 0 Å². The molecule has 0 aliphatic heterocycles. The van der Waals surface area contributed by atoms with Crippen LogP contribution >= 0.6 is 0 Å². The summed E-state index contributed by atoms with van der Waals surface area (Å²) < 4.78 is 0. The summed E-state index contributed by atoms with van der Waals surface area (Å²) in [6.45, 7) is 8.48. The van der Waals surface area contributed by atoms with Crippen LogP contribution in [0, 0.1) is 0 Å². The molecular weight excluding hydrogens is 260 g/mol. The summed E-state index contributed by atoms with van der Waals surface area (Å²) >= 11 is 0. The minimum absolute atomic E-state index is 0.333. The van der Waals surface area contributed by atoms with Gasteiger partial charge in [-0.05, 0) is 27.2 Å². The first-order chi connectivity index (χ1) is 10.1. The molecule has 112 valence electrons. The zero-order chi connectivity index (χ0) is 15.2. The second-order valence-electron chi connectivity index (χ2n) is 5.58. The van der Waals surface area contributed by atoms with Crippen LogP contribution in [-0.4, -0.2) is 22.1 Å². The van der Waals surface area contributed by atoms with E-state index in [4.69, 9.17) is 0 Å². The van der Waals surface area contributed by atoms with Crippen molar-refractivity contribution in [2.45, 2.75) is 46.2 Å². The number of hydrogen-bond acceptors (Lipinski definition) is 4. The van der Waals surface area contributed by atoms with Crippen molar-refractivity contribution in [3.05, 3.63) is 36.4 Å². The Morgan fingerprint density at radius 1 is 1.00 bits per heavy atom. The van der Waals surface area contributed by atoms with Crippen molar-refractivity contribution in [3.8, 4) is 11.3 Å². The zero-order valence-electron chi connectivity index (χ0n) is 13.2. The lowest BCUT2D eigenvalue weighted by Crippen LogP contribution is -2.18.